The zero-order valence-electron chi connectivity index (χ0n) is 16.2. The number of thiazole rings is 1. The van der Waals surface area contributed by atoms with E-state index in [0.717, 1.165) is 21.7 Å². The van der Waals surface area contributed by atoms with Gasteiger partial charge in [-0.15, -0.1) is 23.7 Å². The second-order valence-electron chi connectivity index (χ2n) is 7.10. The smallest absolute Gasteiger partial charge is 0.230 e. The lowest BCUT2D eigenvalue weighted by Gasteiger charge is -2.08. The van der Waals surface area contributed by atoms with E-state index in [0.29, 0.717) is 18.9 Å². The van der Waals surface area contributed by atoms with Gasteiger partial charge >= 0.3 is 0 Å². The van der Waals surface area contributed by atoms with E-state index in [1.807, 2.05) is 41.3 Å². The number of hydrogen-bond donors (Lipinski definition) is 1. The molecule has 3 rings (SSSR count). The fourth-order valence-electron chi connectivity index (χ4n) is 3.39. The third-order valence-corrected chi connectivity index (χ3v) is 5.98. The SMILES string of the molecule is Cl.Cn1c(CC(=O)Nc2ccc(CC#N)cc2)csc1=NC1CCCCCC1. The number of nitrogens with one attached hydrogen (secondary N) is 1. The molecule has 28 heavy (non-hydrogen) atoms. The van der Waals surface area contributed by atoms with Gasteiger partial charge in [-0.3, -0.25) is 9.79 Å². The average Bonchev–Trinajstić information content (AvgIpc) is 2.86. The highest BCUT2D eigenvalue weighted by Crippen LogP contribution is 2.19. The van der Waals surface area contributed by atoms with Gasteiger partial charge in [0.25, 0.3) is 0 Å². The minimum atomic E-state index is -0.0440. The molecule has 7 heteroatoms. The van der Waals surface area contributed by atoms with E-state index in [2.05, 4.69) is 11.4 Å². The van der Waals surface area contributed by atoms with Crippen LogP contribution >= 0.6 is 23.7 Å². The van der Waals surface area contributed by atoms with Crippen molar-refractivity contribution in [2.75, 3.05) is 5.32 Å². The predicted molar refractivity (Wildman–Crippen MR) is 116 cm³/mol. The molecule has 150 valence electrons. The summed E-state index contributed by atoms with van der Waals surface area (Å²) in [5, 5.41) is 13.7. The average molecular weight is 419 g/mol. The number of carbonyl (C=O) groups is 1. The molecule has 0 atom stereocenters. The summed E-state index contributed by atoms with van der Waals surface area (Å²) in [6, 6.07) is 9.96. The van der Waals surface area contributed by atoms with Gasteiger partial charge in [0.05, 0.1) is 25.0 Å². The number of aromatic nitrogens is 1. The number of nitrogens with zero attached hydrogens (tertiary/aromatic N) is 3. The van der Waals surface area contributed by atoms with Crippen LogP contribution in [0.4, 0.5) is 5.69 Å². The molecule has 0 saturated heterocycles. The number of amides is 1. The third-order valence-electron chi connectivity index (χ3n) is 5.00. The van der Waals surface area contributed by atoms with Gasteiger partial charge in [-0.2, -0.15) is 5.26 Å². The molecule has 2 aromatic rings. The molecule has 1 saturated carbocycles. The molecule has 1 aromatic carbocycles. The topological polar surface area (TPSA) is 70.2 Å². The summed E-state index contributed by atoms with van der Waals surface area (Å²) in [6.45, 7) is 0. The molecule has 1 heterocycles. The first kappa shape index (κ1) is 22.2. The van der Waals surface area contributed by atoms with Crippen LogP contribution in [0.25, 0.3) is 0 Å². The van der Waals surface area contributed by atoms with Crippen molar-refractivity contribution < 1.29 is 4.79 Å². The molecular weight excluding hydrogens is 392 g/mol. The van der Waals surface area contributed by atoms with E-state index in [1.165, 1.54) is 38.5 Å². The number of halogens is 1. The van der Waals surface area contributed by atoms with Crippen molar-refractivity contribution in [3.8, 4) is 6.07 Å². The number of rotatable bonds is 5. The number of hydrogen-bond acceptors (Lipinski definition) is 4. The van der Waals surface area contributed by atoms with Gasteiger partial charge in [0.1, 0.15) is 0 Å². The van der Waals surface area contributed by atoms with E-state index in [1.54, 1.807) is 11.3 Å². The molecule has 0 spiro atoms. The highest BCUT2D eigenvalue weighted by atomic mass is 35.5. The van der Waals surface area contributed by atoms with Gasteiger partial charge in [0.2, 0.25) is 5.91 Å². The number of anilines is 1. The van der Waals surface area contributed by atoms with E-state index < -0.39 is 0 Å². The monoisotopic (exact) mass is 418 g/mol. The quantitative estimate of drug-likeness (QED) is 0.732. The fraction of sp³-hybridized carbons (Fsp3) is 0.476. The van der Waals surface area contributed by atoms with E-state index >= 15 is 0 Å². The normalized spacial score (nSPS) is 15.4. The van der Waals surface area contributed by atoms with Gasteiger partial charge in [-0.05, 0) is 30.5 Å². The Balaban J connectivity index is 0.00000280. The van der Waals surface area contributed by atoms with Crippen LogP contribution in [0.1, 0.15) is 49.8 Å². The second-order valence-corrected chi connectivity index (χ2v) is 7.94. The number of nitriles is 1. The molecule has 0 aliphatic heterocycles. The molecule has 1 amide bonds. The molecule has 5 nitrogen and oxygen atoms in total. The molecule has 0 radical (unpaired) electrons. The lowest BCUT2D eigenvalue weighted by Crippen LogP contribution is -2.21. The van der Waals surface area contributed by atoms with Gasteiger partial charge in [0.15, 0.2) is 4.80 Å². The largest absolute Gasteiger partial charge is 0.326 e. The minimum Gasteiger partial charge on any atom is -0.326 e. The Morgan fingerprint density at radius 3 is 2.57 bits per heavy atom. The molecule has 0 bridgehead atoms. The molecule has 1 aliphatic carbocycles. The maximum absolute atomic E-state index is 12.4. The highest BCUT2D eigenvalue weighted by Gasteiger charge is 2.13. The highest BCUT2D eigenvalue weighted by molar-refractivity contribution is 7.07. The van der Waals surface area contributed by atoms with Crippen LogP contribution in [-0.2, 0) is 24.7 Å². The number of carbonyl (C=O) groups excluding carboxylic acids is 1. The number of benzene rings is 1. The van der Waals surface area contributed by atoms with Crippen LogP contribution in [0.3, 0.4) is 0 Å². The summed E-state index contributed by atoms with van der Waals surface area (Å²) in [5.74, 6) is -0.0440. The maximum Gasteiger partial charge on any atom is 0.230 e. The summed E-state index contributed by atoms with van der Waals surface area (Å²) < 4.78 is 2.05. The summed E-state index contributed by atoms with van der Waals surface area (Å²) in [7, 11) is 1.99. The Morgan fingerprint density at radius 2 is 1.93 bits per heavy atom. The Bertz CT molecular complexity index is 871. The predicted octanol–water partition coefficient (Wildman–Crippen LogP) is 4.38. The third kappa shape index (κ3) is 6.22. The van der Waals surface area contributed by atoms with E-state index in [-0.39, 0.29) is 18.3 Å². The van der Waals surface area contributed by atoms with Crippen LogP contribution in [0, 0.1) is 11.3 Å². The first-order valence-corrected chi connectivity index (χ1v) is 10.5. The van der Waals surface area contributed by atoms with Gasteiger partial charge in [0, 0.05) is 23.8 Å². The van der Waals surface area contributed by atoms with E-state index in [4.69, 9.17) is 10.3 Å². The molecule has 1 aromatic heterocycles. The Labute approximate surface area is 176 Å². The van der Waals surface area contributed by atoms with Gasteiger partial charge < -0.3 is 9.88 Å². The fourth-order valence-corrected chi connectivity index (χ4v) is 4.36. The van der Waals surface area contributed by atoms with Crippen LogP contribution in [-0.4, -0.2) is 16.5 Å². The standard InChI is InChI=1S/C21H26N4OS.ClH/c1-25-19(15-27-21(25)24-17-6-4-2-3-5-7-17)14-20(26)23-18-10-8-16(9-11-18)12-13-22;/h8-11,15,17H,2-7,12,14H2,1H3,(H,23,26);1H. The summed E-state index contributed by atoms with van der Waals surface area (Å²) in [6.07, 6.45) is 8.25. The molecular formula is C21H27ClN4OS. The van der Waals surface area contributed by atoms with E-state index in [9.17, 15) is 4.79 Å². The maximum atomic E-state index is 12.4. The van der Waals surface area contributed by atoms with Crippen molar-refractivity contribution in [2.45, 2.75) is 57.4 Å². The van der Waals surface area contributed by atoms with Crippen LogP contribution in [0.5, 0.6) is 0 Å². The van der Waals surface area contributed by atoms with Crippen LogP contribution in [0.15, 0.2) is 34.6 Å². The lowest BCUT2D eigenvalue weighted by atomic mass is 10.1. The van der Waals surface area contributed by atoms with Crippen molar-refractivity contribution in [2.24, 2.45) is 12.0 Å². The van der Waals surface area contributed by atoms with Crippen LogP contribution in [0.2, 0.25) is 0 Å². The zero-order valence-corrected chi connectivity index (χ0v) is 17.8. The summed E-state index contributed by atoms with van der Waals surface area (Å²) >= 11 is 1.62. The van der Waals surface area contributed by atoms with Crippen molar-refractivity contribution in [1.29, 1.82) is 5.26 Å². The van der Waals surface area contributed by atoms with Gasteiger partial charge in [-0.25, -0.2) is 0 Å². The molecule has 1 aliphatic rings. The molecule has 1 N–H and O–H groups in total. The Morgan fingerprint density at radius 1 is 1.25 bits per heavy atom. The molecule has 0 unspecified atom stereocenters. The Hall–Kier alpha value is -2.10. The van der Waals surface area contributed by atoms with Gasteiger partial charge in [-0.1, -0.05) is 37.8 Å². The summed E-state index contributed by atoms with van der Waals surface area (Å²) in [4.78, 5) is 18.3. The van der Waals surface area contributed by atoms with Crippen molar-refractivity contribution in [1.82, 2.24) is 4.57 Å². The first-order valence-electron chi connectivity index (χ1n) is 9.58. The van der Waals surface area contributed by atoms with Crippen molar-refractivity contribution in [3.05, 3.63) is 45.7 Å². The second kappa shape index (κ2) is 11.0. The Kier molecular flexibility index (Phi) is 8.75. The minimum absolute atomic E-state index is 0. The summed E-state index contributed by atoms with van der Waals surface area (Å²) in [5.41, 5.74) is 2.68. The first-order chi connectivity index (χ1) is 13.2. The van der Waals surface area contributed by atoms with Crippen LogP contribution < -0.4 is 10.1 Å². The van der Waals surface area contributed by atoms with Crippen molar-refractivity contribution in [3.63, 3.8) is 0 Å². The zero-order chi connectivity index (χ0) is 19.1. The lowest BCUT2D eigenvalue weighted by molar-refractivity contribution is -0.115. The molecule has 1 fully saturated rings. The van der Waals surface area contributed by atoms with Crippen molar-refractivity contribution >= 4 is 35.3 Å².